The van der Waals surface area contributed by atoms with Crippen molar-refractivity contribution in [2.45, 2.75) is 43.9 Å². The molecule has 1 amide bonds. The number of nitro groups is 1. The van der Waals surface area contributed by atoms with Crippen LogP contribution >= 0.6 is 23.4 Å². The molecule has 2 rings (SSSR count). The van der Waals surface area contributed by atoms with Gasteiger partial charge in [-0.1, -0.05) is 23.4 Å². The van der Waals surface area contributed by atoms with Crippen LogP contribution in [0.2, 0.25) is 0 Å². The van der Waals surface area contributed by atoms with Crippen LogP contribution in [-0.2, 0) is 25.7 Å². The van der Waals surface area contributed by atoms with Crippen LogP contribution in [0.25, 0.3) is 0 Å². The van der Waals surface area contributed by atoms with Gasteiger partial charge in [-0.15, -0.1) is 0 Å². The smallest absolute Gasteiger partial charge is 0.345 e. The van der Waals surface area contributed by atoms with Gasteiger partial charge in [0.2, 0.25) is 11.4 Å². The Balaban J connectivity index is 2.03. The Kier molecular flexibility index (Phi) is 6.68. The van der Waals surface area contributed by atoms with E-state index in [1.165, 1.54) is 45.0 Å². The molecule has 1 aromatic rings. The van der Waals surface area contributed by atoms with Crippen molar-refractivity contribution < 1.29 is 29.2 Å². The number of β-lactam (4-membered cyclic amide) rings is 1. The Morgan fingerprint density at radius 2 is 1.96 bits per heavy atom. The van der Waals surface area contributed by atoms with Gasteiger partial charge in [0.1, 0.15) is 12.0 Å². The van der Waals surface area contributed by atoms with Crippen LogP contribution in [0.5, 0.6) is 0 Å². The first kappa shape index (κ1) is 22.1. The Hall–Kier alpha value is -2.17. The van der Waals surface area contributed by atoms with Gasteiger partial charge in [-0.25, -0.2) is 4.79 Å². The average molecular weight is 431 g/mol. The third kappa shape index (κ3) is 4.81. The molecule has 0 spiro atoms. The molecular weight excluding hydrogens is 412 g/mol. The molecule has 1 N–H and O–H groups in total. The number of rotatable bonds is 7. The van der Waals surface area contributed by atoms with Gasteiger partial charge in [0.15, 0.2) is 5.12 Å². The predicted octanol–water partition coefficient (Wildman–Crippen LogP) is 2.04. The summed E-state index contributed by atoms with van der Waals surface area (Å²) in [5, 5.41) is 19.7. The molecule has 3 atom stereocenters. The Morgan fingerprint density at radius 1 is 1.39 bits per heavy atom. The summed E-state index contributed by atoms with van der Waals surface area (Å²) in [6.07, 6.45) is 0. The molecule has 152 valence electrons. The van der Waals surface area contributed by atoms with Crippen molar-refractivity contribution in [3.8, 4) is 0 Å². The zero-order chi connectivity index (χ0) is 21.2. The van der Waals surface area contributed by atoms with Crippen LogP contribution in [0.4, 0.5) is 5.69 Å². The van der Waals surface area contributed by atoms with Gasteiger partial charge in [0.05, 0.1) is 16.4 Å². The van der Waals surface area contributed by atoms with Crippen molar-refractivity contribution in [1.82, 2.24) is 4.90 Å². The topological polar surface area (TPSA) is 127 Å². The van der Waals surface area contributed by atoms with Gasteiger partial charge < -0.3 is 14.7 Å². The van der Waals surface area contributed by atoms with Crippen molar-refractivity contribution in [2.75, 3.05) is 0 Å². The number of hydrogen-bond donors (Lipinski definition) is 1. The molecule has 0 radical (unpaired) electrons. The number of esters is 1. The summed E-state index contributed by atoms with van der Waals surface area (Å²) in [5.41, 5.74) is -2.46. The van der Waals surface area contributed by atoms with Crippen LogP contribution in [-0.4, -0.2) is 48.4 Å². The molecule has 1 fully saturated rings. The number of alkyl halides is 1. The second-order valence-electron chi connectivity index (χ2n) is 6.74. The van der Waals surface area contributed by atoms with E-state index in [0.717, 1.165) is 16.7 Å². The highest BCUT2D eigenvalue weighted by Crippen LogP contribution is 2.43. The zero-order valence-electron chi connectivity index (χ0n) is 15.3. The number of aliphatic hydroxyl groups is 1. The van der Waals surface area contributed by atoms with E-state index in [-0.39, 0.29) is 17.4 Å². The summed E-state index contributed by atoms with van der Waals surface area (Å²) < 4.78 is 5.08. The lowest BCUT2D eigenvalue weighted by atomic mass is 9.83. The van der Waals surface area contributed by atoms with Crippen molar-refractivity contribution in [2.24, 2.45) is 5.92 Å². The molecule has 1 unspecified atom stereocenters. The van der Waals surface area contributed by atoms with E-state index in [0.29, 0.717) is 5.56 Å². The van der Waals surface area contributed by atoms with Crippen LogP contribution in [0.15, 0.2) is 24.3 Å². The minimum atomic E-state index is -1.47. The quantitative estimate of drug-likeness (QED) is 0.174. The molecule has 1 saturated heterocycles. The van der Waals surface area contributed by atoms with E-state index in [9.17, 15) is 29.6 Å². The molecule has 0 aliphatic carbocycles. The van der Waals surface area contributed by atoms with Crippen LogP contribution in [0, 0.1) is 16.0 Å². The first-order valence-electron chi connectivity index (χ1n) is 8.19. The highest BCUT2D eigenvalue weighted by Gasteiger charge is 2.58. The fourth-order valence-electron chi connectivity index (χ4n) is 2.72. The number of benzene rings is 1. The van der Waals surface area contributed by atoms with Gasteiger partial charge in [-0.2, -0.15) is 0 Å². The number of carbonyl (C=O) groups is 3. The molecule has 0 aromatic heterocycles. The van der Waals surface area contributed by atoms with Gasteiger partial charge in [-0.3, -0.25) is 19.7 Å². The number of nitro benzene ring substituents is 1. The van der Waals surface area contributed by atoms with Crippen molar-refractivity contribution in [3.63, 3.8) is 0 Å². The number of halogens is 1. The van der Waals surface area contributed by atoms with Gasteiger partial charge in [0, 0.05) is 19.1 Å². The van der Waals surface area contributed by atoms with E-state index >= 15 is 0 Å². The third-order valence-corrected chi connectivity index (χ3v) is 5.56. The standard InChI is InChI=1S/C17H19ClN2O7S/c1-9(21)28-15-12(17(2,3)24)14(22)19(15)13(18)16(23)27-8-10-4-6-11(7-5-10)20(25)26/h4-7,12-13,15,24H,8H2,1-3H3/t12-,13?,15-/m1/s1. The summed E-state index contributed by atoms with van der Waals surface area (Å²) in [7, 11) is 0. The fraction of sp³-hybridized carbons (Fsp3) is 0.471. The number of carbonyl (C=O) groups excluding carboxylic acids is 3. The lowest BCUT2D eigenvalue weighted by molar-refractivity contribution is -0.384. The van der Waals surface area contributed by atoms with E-state index in [4.69, 9.17) is 16.3 Å². The molecule has 28 heavy (non-hydrogen) atoms. The minimum Gasteiger partial charge on any atom is -0.458 e. The monoisotopic (exact) mass is 430 g/mol. The molecule has 1 heterocycles. The summed E-state index contributed by atoms with van der Waals surface area (Å²) in [5.74, 6) is -2.35. The van der Waals surface area contributed by atoms with Crippen molar-refractivity contribution in [1.29, 1.82) is 0 Å². The first-order valence-corrected chi connectivity index (χ1v) is 9.51. The number of likely N-dealkylation sites (tertiary alicyclic amines) is 1. The van der Waals surface area contributed by atoms with Crippen LogP contribution in [0.3, 0.4) is 0 Å². The molecule has 0 bridgehead atoms. The molecule has 11 heteroatoms. The summed E-state index contributed by atoms with van der Waals surface area (Å²) in [6.45, 7) is 4.00. The number of thioether (sulfide) groups is 1. The zero-order valence-corrected chi connectivity index (χ0v) is 16.9. The average Bonchev–Trinajstić information content (AvgIpc) is 2.57. The van der Waals surface area contributed by atoms with Gasteiger partial charge in [-0.05, 0) is 31.5 Å². The van der Waals surface area contributed by atoms with E-state index in [1.807, 2.05) is 0 Å². The lowest BCUT2D eigenvalue weighted by Gasteiger charge is -2.51. The fourth-order valence-corrected chi connectivity index (χ4v) is 4.34. The summed E-state index contributed by atoms with van der Waals surface area (Å²) in [6, 6.07) is 5.41. The molecule has 0 saturated carbocycles. The Bertz CT molecular complexity index is 794. The van der Waals surface area contributed by atoms with Crippen LogP contribution in [0.1, 0.15) is 26.3 Å². The van der Waals surface area contributed by atoms with E-state index < -0.39 is 39.2 Å². The predicted molar refractivity (Wildman–Crippen MR) is 101 cm³/mol. The first-order chi connectivity index (χ1) is 12.9. The van der Waals surface area contributed by atoms with E-state index in [1.54, 1.807) is 0 Å². The molecular formula is C17H19ClN2O7S. The number of amides is 1. The number of hydrogen-bond acceptors (Lipinski definition) is 8. The van der Waals surface area contributed by atoms with Gasteiger partial charge in [0.25, 0.3) is 5.69 Å². The second-order valence-corrected chi connectivity index (χ2v) is 8.45. The number of ether oxygens (including phenoxy) is 1. The normalized spacial score (nSPS) is 20.3. The number of nitrogens with zero attached hydrogens (tertiary/aromatic N) is 2. The maximum absolute atomic E-state index is 12.4. The highest BCUT2D eigenvalue weighted by molar-refractivity contribution is 8.14. The van der Waals surface area contributed by atoms with Crippen molar-refractivity contribution in [3.05, 3.63) is 39.9 Å². The highest BCUT2D eigenvalue weighted by atomic mass is 35.5. The molecule has 1 aromatic carbocycles. The Morgan fingerprint density at radius 3 is 2.43 bits per heavy atom. The summed E-state index contributed by atoms with van der Waals surface area (Å²) in [4.78, 5) is 47.2. The third-order valence-electron chi connectivity index (χ3n) is 4.09. The molecule has 9 nitrogen and oxygen atoms in total. The molecule has 1 aliphatic rings. The minimum absolute atomic E-state index is 0.0989. The van der Waals surface area contributed by atoms with Crippen molar-refractivity contribution >= 4 is 46.0 Å². The lowest BCUT2D eigenvalue weighted by Crippen LogP contribution is -2.69. The maximum Gasteiger partial charge on any atom is 0.345 e. The van der Waals surface area contributed by atoms with Crippen LogP contribution < -0.4 is 0 Å². The van der Waals surface area contributed by atoms with Gasteiger partial charge >= 0.3 is 5.97 Å². The number of non-ortho nitro benzene ring substituents is 1. The largest absolute Gasteiger partial charge is 0.458 e. The van der Waals surface area contributed by atoms with E-state index in [2.05, 4.69) is 0 Å². The Labute approximate surface area is 170 Å². The maximum atomic E-state index is 12.4. The second kappa shape index (κ2) is 8.46. The molecule has 1 aliphatic heterocycles. The SMILES string of the molecule is CC(=O)S[C@@H]1[C@H](C(C)(C)O)C(=O)N1C(Cl)C(=O)OCc1ccc([N+](=O)[O-])cc1. The summed E-state index contributed by atoms with van der Waals surface area (Å²) >= 11 is 6.89.